The van der Waals surface area contributed by atoms with E-state index in [0.29, 0.717) is 18.7 Å². The summed E-state index contributed by atoms with van der Waals surface area (Å²) in [5.74, 6) is -1.53. The lowest BCUT2D eigenvalue weighted by Crippen LogP contribution is -2.28. The molecule has 0 saturated carbocycles. The molecule has 0 aliphatic carbocycles. The van der Waals surface area contributed by atoms with Crippen molar-refractivity contribution in [2.45, 2.75) is 13.5 Å². The Labute approximate surface area is 94.5 Å². The molecular weight excluding hydrogens is 209 g/mol. The van der Waals surface area contributed by atoms with Crippen LogP contribution in [0.15, 0.2) is 24.3 Å². The maximum Gasteiger partial charge on any atom is 0.307 e. The average Bonchev–Trinajstić information content (AvgIpc) is 2.21. The molecule has 0 fully saturated rings. The van der Waals surface area contributed by atoms with Gasteiger partial charge in [0, 0.05) is 18.7 Å². The summed E-state index contributed by atoms with van der Waals surface area (Å²) in [5, 5.41) is 8.75. The Bertz CT molecular complexity index is 368. The van der Waals surface area contributed by atoms with E-state index < -0.39 is 11.9 Å². The number of carboxylic acid groups (broad SMARTS) is 1. The Morgan fingerprint density at radius 1 is 1.50 bits per heavy atom. The molecule has 16 heavy (non-hydrogen) atoms. The summed E-state index contributed by atoms with van der Waals surface area (Å²) in [5.41, 5.74) is 0.586. The van der Waals surface area contributed by atoms with Crippen molar-refractivity contribution in [2.75, 3.05) is 13.6 Å². The Kier molecular flexibility index (Phi) is 4.43. The van der Waals surface area contributed by atoms with Crippen molar-refractivity contribution in [3.63, 3.8) is 0 Å². The number of hydrogen-bond acceptors (Lipinski definition) is 2. The third-order valence-corrected chi connectivity index (χ3v) is 2.41. The van der Waals surface area contributed by atoms with Crippen molar-refractivity contribution in [1.82, 2.24) is 4.90 Å². The first-order valence-corrected chi connectivity index (χ1v) is 5.15. The fraction of sp³-hybridized carbons (Fsp3) is 0.417. The molecule has 0 bridgehead atoms. The second kappa shape index (κ2) is 5.61. The topological polar surface area (TPSA) is 40.5 Å². The standard InChI is InChI=1S/C12H16FNO2/c1-9(12(15)16)7-14(2)8-10-5-3-4-6-11(10)13/h3-6,9H,7-8H2,1-2H3,(H,15,16). The normalized spacial score (nSPS) is 12.8. The molecular formula is C12H16FNO2. The quantitative estimate of drug-likeness (QED) is 0.833. The van der Waals surface area contributed by atoms with Gasteiger partial charge in [-0.2, -0.15) is 0 Å². The zero-order chi connectivity index (χ0) is 12.1. The first-order valence-electron chi connectivity index (χ1n) is 5.15. The highest BCUT2D eigenvalue weighted by molar-refractivity contribution is 5.69. The largest absolute Gasteiger partial charge is 0.481 e. The lowest BCUT2D eigenvalue weighted by molar-refractivity contribution is -0.141. The molecule has 0 aromatic heterocycles. The predicted molar refractivity (Wildman–Crippen MR) is 59.5 cm³/mol. The molecule has 0 saturated heterocycles. The number of nitrogens with zero attached hydrogens (tertiary/aromatic N) is 1. The summed E-state index contributed by atoms with van der Waals surface area (Å²) >= 11 is 0. The summed E-state index contributed by atoms with van der Waals surface area (Å²) in [6, 6.07) is 6.52. The SMILES string of the molecule is CC(CN(C)Cc1ccccc1F)C(=O)O. The molecule has 0 heterocycles. The lowest BCUT2D eigenvalue weighted by Gasteiger charge is -2.19. The number of carboxylic acids is 1. The lowest BCUT2D eigenvalue weighted by atomic mass is 10.1. The van der Waals surface area contributed by atoms with Gasteiger partial charge in [-0.05, 0) is 13.1 Å². The van der Waals surface area contributed by atoms with E-state index in [2.05, 4.69) is 0 Å². The van der Waals surface area contributed by atoms with Crippen LogP contribution in [0, 0.1) is 11.7 Å². The van der Waals surface area contributed by atoms with Crippen LogP contribution in [0.4, 0.5) is 4.39 Å². The number of halogens is 1. The molecule has 0 aliphatic heterocycles. The molecule has 0 aliphatic rings. The molecule has 0 radical (unpaired) electrons. The van der Waals surface area contributed by atoms with Crippen LogP contribution in [0.3, 0.4) is 0 Å². The van der Waals surface area contributed by atoms with Crippen LogP contribution in [0.5, 0.6) is 0 Å². The Morgan fingerprint density at radius 2 is 2.12 bits per heavy atom. The fourth-order valence-electron chi connectivity index (χ4n) is 1.53. The predicted octanol–water partition coefficient (Wildman–Crippen LogP) is 1.98. The molecule has 1 aromatic carbocycles. The van der Waals surface area contributed by atoms with E-state index in [0.717, 1.165) is 0 Å². The average molecular weight is 225 g/mol. The molecule has 1 N–H and O–H groups in total. The minimum atomic E-state index is -0.833. The maximum atomic E-state index is 13.3. The minimum absolute atomic E-state index is 0.252. The van der Waals surface area contributed by atoms with Gasteiger partial charge >= 0.3 is 5.97 Å². The van der Waals surface area contributed by atoms with Gasteiger partial charge in [-0.25, -0.2) is 4.39 Å². The van der Waals surface area contributed by atoms with E-state index >= 15 is 0 Å². The summed E-state index contributed by atoms with van der Waals surface area (Å²) in [6.07, 6.45) is 0. The van der Waals surface area contributed by atoms with Gasteiger partial charge in [-0.15, -0.1) is 0 Å². The maximum absolute atomic E-state index is 13.3. The first kappa shape index (κ1) is 12.6. The number of hydrogen-bond donors (Lipinski definition) is 1. The van der Waals surface area contributed by atoms with E-state index in [1.807, 2.05) is 0 Å². The van der Waals surface area contributed by atoms with Crippen LogP contribution in [-0.4, -0.2) is 29.6 Å². The molecule has 1 atom stereocenters. The van der Waals surface area contributed by atoms with Crippen molar-refractivity contribution >= 4 is 5.97 Å². The van der Waals surface area contributed by atoms with E-state index in [4.69, 9.17) is 5.11 Å². The molecule has 88 valence electrons. The first-order chi connectivity index (χ1) is 7.50. The molecule has 1 rings (SSSR count). The van der Waals surface area contributed by atoms with Crippen LogP contribution in [-0.2, 0) is 11.3 Å². The monoisotopic (exact) mass is 225 g/mol. The van der Waals surface area contributed by atoms with E-state index in [1.54, 1.807) is 37.1 Å². The Morgan fingerprint density at radius 3 is 2.69 bits per heavy atom. The zero-order valence-corrected chi connectivity index (χ0v) is 9.48. The second-order valence-corrected chi connectivity index (χ2v) is 4.03. The van der Waals surface area contributed by atoms with E-state index in [1.165, 1.54) is 6.07 Å². The van der Waals surface area contributed by atoms with Gasteiger partial charge in [0.1, 0.15) is 5.82 Å². The van der Waals surface area contributed by atoms with Gasteiger partial charge in [0.15, 0.2) is 0 Å². The number of aliphatic carboxylic acids is 1. The van der Waals surface area contributed by atoms with Gasteiger partial charge < -0.3 is 10.0 Å². The highest BCUT2D eigenvalue weighted by Gasteiger charge is 2.14. The van der Waals surface area contributed by atoms with E-state index in [9.17, 15) is 9.18 Å². The molecule has 0 spiro atoms. The number of benzene rings is 1. The minimum Gasteiger partial charge on any atom is -0.481 e. The summed E-state index contributed by atoms with van der Waals surface area (Å²) in [6.45, 7) is 2.47. The summed E-state index contributed by atoms with van der Waals surface area (Å²) in [4.78, 5) is 12.5. The second-order valence-electron chi connectivity index (χ2n) is 4.03. The molecule has 1 unspecified atom stereocenters. The number of carbonyl (C=O) groups is 1. The fourth-order valence-corrected chi connectivity index (χ4v) is 1.53. The van der Waals surface area contributed by atoms with Crippen LogP contribution in [0.1, 0.15) is 12.5 Å². The highest BCUT2D eigenvalue weighted by Crippen LogP contribution is 2.10. The van der Waals surface area contributed by atoms with Gasteiger partial charge in [0.25, 0.3) is 0 Å². The highest BCUT2D eigenvalue weighted by atomic mass is 19.1. The van der Waals surface area contributed by atoms with Crippen molar-refractivity contribution < 1.29 is 14.3 Å². The molecule has 4 heteroatoms. The van der Waals surface area contributed by atoms with Crippen molar-refractivity contribution in [3.8, 4) is 0 Å². The van der Waals surface area contributed by atoms with Crippen LogP contribution in [0.25, 0.3) is 0 Å². The Balaban J connectivity index is 2.55. The van der Waals surface area contributed by atoms with Gasteiger partial charge in [-0.3, -0.25) is 4.79 Å². The Hall–Kier alpha value is -1.42. The van der Waals surface area contributed by atoms with Gasteiger partial charge in [-0.1, -0.05) is 25.1 Å². The van der Waals surface area contributed by atoms with Crippen LogP contribution < -0.4 is 0 Å². The molecule has 3 nitrogen and oxygen atoms in total. The van der Waals surface area contributed by atoms with Crippen molar-refractivity contribution in [1.29, 1.82) is 0 Å². The van der Waals surface area contributed by atoms with Gasteiger partial charge in [0.05, 0.1) is 5.92 Å². The van der Waals surface area contributed by atoms with Gasteiger partial charge in [0.2, 0.25) is 0 Å². The molecule has 1 aromatic rings. The summed E-state index contributed by atoms with van der Waals surface area (Å²) in [7, 11) is 1.78. The smallest absolute Gasteiger partial charge is 0.307 e. The third-order valence-electron chi connectivity index (χ3n) is 2.41. The zero-order valence-electron chi connectivity index (χ0n) is 9.48. The number of rotatable bonds is 5. The van der Waals surface area contributed by atoms with E-state index in [-0.39, 0.29) is 5.82 Å². The van der Waals surface area contributed by atoms with Crippen LogP contribution in [0.2, 0.25) is 0 Å². The van der Waals surface area contributed by atoms with Crippen molar-refractivity contribution in [2.24, 2.45) is 5.92 Å². The molecule has 0 amide bonds. The summed E-state index contributed by atoms with van der Waals surface area (Å²) < 4.78 is 13.3. The van der Waals surface area contributed by atoms with Crippen molar-refractivity contribution in [3.05, 3.63) is 35.6 Å². The van der Waals surface area contributed by atoms with Crippen LogP contribution >= 0.6 is 0 Å². The third kappa shape index (κ3) is 3.62.